The fraction of sp³-hybridized carbons (Fsp3) is 0.262. The minimum atomic E-state index is -3.81. The van der Waals surface area contributed by atoms with Gasteiger partial charge < -0.3 is 48.5 Å². The van der Waals surface area contributed by atoms with E-state index < -0.39 is 48.0 Å². The van der Waals surface area contributed by atoms with Crippen LogP contribution in [-0.2, 0) is 30.1 Å². The van der Waals surface area contributed by atoms with Crippen molar-refractivity contribution in [2.45, 2.75) is 52.4 Å². The molecule has 7 aromatic rings. The number of methoxy groups -OCH3 is 1. The standard InChI is InChI=1S/C25H27NO7S.C19H23NO6S.C17H19NO6S/c1-16-15-23(31-4)17(2)18(3)24(16)34(29,30)26-19-9-11-20(12-10-19)32-13-14-33-22-8-6-5-7-21(22)25(27)28;1-2-3-14-27(23,24)20-15-8-10-16(11-9-15)25-12-13-26-18-7-5-4-6-17(18)19(21)22;1-2-25(21,22)18-13-7-9-14(10-8-13)23-11-12-24-16-6-4-3-5-15(16)17(19)20/h5-12,15,26H,13-14H2,1-4H3,(H,27,28);4-11,20H,2-3,12-14H2,1H3,(H,21,22);3-10,18H,2,11-12H2,1H3,(H,19,20). The van der Waals surface area contributed by atoms with Crippen LogP contribution in [-0.4, -0.2) is 117 Å². The number of benzene rings is 7. The summed E-state index contributed by atoms with van der Waals surface area (Å²) in [6.45, 7) is 9.92. The highest BCUT2D eigenvalue weighted by atomic mass is 32.2. The van der Waals surface area contributed by atoms with Crippen LogP contribution in [0.5, 0.6) is 40.2 Å². The highest BCUT2D eigenvalue weighted by Gasteiger charge is 2.23. The van der Waals surface area contributed by atoms with Crippen LogP contribution in [0.3, 0.4) is 0 Å². The fourth-order valence-corrected chi connectivity index (χ4v) is 11.3. The molecule has 7 aromatic carbocycles. The zero-order chi connectivity index (χ0) is 62.9. The third kappa shape index (κ3) is 21.5. The van der Waals surface area contributed by atoms with Crippen molar-refractivity contribution in [1.82, 2.24) is 0 Å². The predicted molar refractivity (Wildman–Crippen MR) is 326 cm³/mol. The Labute approximate surface area is 500 Å². The number of para-hydroxylation sites is 3. The summed E-state index contributed by atoms with van der Waals surface area (Å²) in [5, 5.41) is 27.3. The number of aryl methyl sites for hydroxylation is 1. The molecule has 0 unspecified atom stereocenters. The van der Waals surface area contributed by atoms with Crippen molar-refractivity contribution in [2.24, 2.45) is 0 Å². The highest BCUT2D eigenvalue weighted by molar-refractivity contribution is 7.93. The van der Waals surface area contributed by atoms with Gasteiger partial charge in [-0.1, -0.05) is 49.7 Å². The van der Waals surface area contributed by atoms with E-state index in [9.17, 15) is 44.7 Å². The Morgan fingerprint density at radius 1 is 0.430 bits per heavy atom. The highest BCUT2D eigenvalue weighted by Crippen LogP contribution is 2.32. The number of anilines is 3. The number of carboxylic acids is 3. The van der Waals surface area contributed by atoms with Crippen molar-refractivity contribution in [3.05, 3.63) is 185 Å². The average Bonchev–Trinajstić information content (AvgIpc) is 1.73. The first kappa shape index (κ1) is 67.6. The maximum atomic E-state index is 13.1. The van der Waals surface area contributed by atoms with Gasteiger partial charge >= 0.3 is 17.9 Å². The molecule has 0 bridgehead atoms. The number of hydrogen-bond donors (Lipinski definition) is 6. The number of ether oxygens (including phenoxy) is 7. The van der Waals surface area contributed by atoms with Gasteiger partial charge in [0.1, 0.15) is 96.6 Å². The van der Waals surface area contributed by atoms with Crippen molar-refractivity contribution in [2.75, 3.05) is 72.4 Å². The second kappa shape index (κ2) is 32.7. The van der Waals surface area contributed by atoms with Crippen LogP contribution in [0, 0.1) is 20.8 Å². The molecule has 0 aliphatic heterocycles. The van der Waals surface area contributed by atoms with Gasteiger partial charge in [-0.15, -0.1) is 0 Å². The van der Waals surface area contributed by atoms with Gasteiger partial charge in [-0.3, -0.25) is 14.2 Å². The van der Waals surface area contributed by atoms with Crippen LogP contribution >= 0.6 is 0 Å². The summed E-state index contributed by atoms with van der Waals surface area (Å²) in [5.41, 5.74) is 3.59. The van der Waals surface area contributed by atoms with Crippen molar-refractivity contribution in [1.29, 1.82) is 0 Å². The summed E-state index contributed by atoms with van der Waals surface area (Å²) in [6.07, 6.45) is 1.42. The Hall–Kier alpha value is -9.20. The van der Waals surface area contributed by atoms with E-state index in [0.29, 0.717) is 57.6 Å². The Morgan fingerprint density at radius 3 is 1.10 bits per heavy atom. The largest absolute Gasteiger partial charge is 0.496 e. The lowest BCUT2D eigenvalue weighted by Gasteiger charge is -2.17. The van der Waals surface area contributed by atoms with Gasteiger partial charge in [-0.2, -0.15) is 0 Å². The van der Waals surface area contributed by atoms with E-state index in [1.807, 2.05) is 13.8 Å². The molecule has 22 nitrogen and oxygen atoms in total. The van der Waals surface area contributed by atoms with Gasteiger partial charge in [0.25, 0.3) is 10.0 Å². The molecule has 460 valence electrons. The number of carbonyl (C=O) groups is 3. The predicted octanol–water partition coefficient (Wildman–Crippen LogP) is 10.6. The molecule has 7 rings (SSSR count). The van der Waals surface area contributed by atoms with Crippen LogP contribution in [0.15, 0.2) is 157 Å². The van der Waals surface area contributed by atoms with Crippen molar-refractivity contribution >= 4 is 65.0 Å². The molecule has 86 heavy (non-hydrogen) atoms. The molecule has 0 spiro atoms. The zero-order valence-electron chi connectivity index (χ0n) is 48.1. The second-order valence-electron chi connectivity index (χ2n) is 18.4. The first-order chi connectivity index (χ1) is 41.0. The average molecular weight is 1240 g/mol. The molecule has 0 aromatic heterocycles. The number of hydrogen-bond acceptors (Lipinski definition) is 16. The summed E-state index contributed by atoms with van der Waals surface area (Å²) in [5.74, 6) is 0.0239. The lowest BCUT2D eigenvalue weighted by atomic mass is 10.1. The van der Waals surface area contributed by atoms with Gasteiger partial charge in [0.2, 0.25) is 20.0 Å². The van der Waals surface area contributed by atoms with Gasteiger partial charge in [0, 0.05) is 17.1 Å². The van der Waals surface area contributed by atoms with Crippen LogP contribution in [0.1, 0.15) is 74.5 Å². The monoisotopic (exact) mass is 1240 g/mol. The molecule has 0 radical (unpaired) electrons. The van der Waals surface area contributed by atoms with Crippen molar-refractivity contribution in [3.8, 4) is 40.2 Å². The third-order valence-corrected chi connectivity index (χ3v) is 16.5. The van der Waals surface area contributed by atoms with E-state index in [-0.39, 0.29) is 90.0 Å². The van der Waals surface area contributed by atoms with Crippen LogP contribution < -0.4 is 47.3 Å². The van der Waals surface area contributed by atoms with Crippen molar-refractivity contribution < 1.29 is 88.1 Å². The number of unbranched alkanes of at least 4 members (excludes halogenated alkanes) is 1. The molecule has 0 aliphatic carbocycles. The molecule has 0 saturated heterocycles. The first-order valence-electron chi connectivity index (χ1n) is 26.7. The van der Waals surface area contributed by atoms with Gasteiger partial charge in [0.15, 0.2) is 0 Å². The maximum Gasteiger partial charge on any atom is 0.339 e. The van der Waals surface area contributed by atoms with E-state index in [0.717, 1.165) is 12.0 Å². The smallest absolute Gasteiger partial charge is 0.339 e. The van der Waals surface area contributed by atoms with Gasteiger partial charge in [-0.25, -0.2) is 39.6 Å². The minimum absolute atomic E-state index is 0.000404. The number of nitrogens with one attached hydrogen (secondary N) is 3. The van der Waals surface area contributed by atoms with Crippen LogP contribution in [0.2, 0.25) is 0 Å². The molecule has 0 amide bonds. The van der Waals surface area contributed by atoms with Crippen molar-refractivity contribution in [3.63, 3.8) is 0 Å². The van der Waals surface area contributed by atoms with Gasteiger partial charge in [0.05, 0.1) is 23.5 Å². The fourth-order valence-electron chi connectivity index (χ4n) is 7.77. The van der Waals surface area contributed by atoms with E-state index in [2.05, 4.69) is 14.2 Å². The SMILES string of the molecule is CCCCS(=O)(=O)Nc1ccc(OCCOc2ccccc2C(=O)O)cc1.CCS(=O)(=O)Nc1ccc(OCCOc2ccccc2C(=O)O)cc1.COc1cc(C)c(S(=O)(=O)Nc2ccc(OCCOc3ccccc3C(=O)O)cc2)c(C)c1C. The Morgan fingerprint density at radius 2 is 0.767 bits per heavy atom. The summed E-state index contributed by atoms with van der Waals surface area (Å²) in [7, 11) is -8.90. The molecular weight excluding hydrogens is 1170 g/mol. The van der Waals surface area contributed by atoms with E-state index >= 15 is 0 Å². The molecule has 0 saturated carbocycles. The van der Waals surface area contributed by atoms with E-state index in [1.165, 1.54) is 18.2 Å². The summed E-state index contributed by atoms with van der Waals surface area (Å²) in [4.78, 5) is 33.6. The molecule has 0 aliphatic rings. The molecule has 0 fully saturated rings. The summed E-state index contributed by atoms with van der Waals surface area (Å²) >= 11 is 0. The topological polar surface area (TPSA) is 315 Å². The Balaban J connectivity index is 0.000000239. The quantitative estimate of drug-likeness (QED) is 0.0228. The summed E-state index contributed by atoms with van der Waals surface area (Å²) < 4.78 is 119. The van der Waals surface area contributed by atoms with E-state index in [1.54, 1.807) is 161 Å². The molecular formula is C61H69N3O19S3. The lowest BCUT2D eigenvalue weighted by Crippen LogP contribution is -2.16. The molecule has 25 heteroatoms. The lowest BCUT2D eigenvalue weighted by molar-refractivity contribution is 0.0680. The third-order valence-electron chi connectivity index (χ3n) is 12.2. The number of carboxylic acid groups (broad SMARTS) is 3. The Kier molecular flexibility index (Phi) is 25.7. The van der Waals surface area contributed by atoms with Crippen LogP contribution in [0.4, 0.5) is 17.1 Å². The first-order valence-corrected chi connectivity index (χ1v) is 31.5. The minimum Gasteiger partial charge on any atom is -0.496 e. The zero-order valence-corrected chi connectivity index (χ0v) is 50.6. The van der Waals surface area contributed by atoms with Gasteiger partial charge in [-0.05, 0) is 166 Å². The number of sulfonamides is 3. The summed E-state index contributed by atoms with van der Waals surface area (Å²) in [6, 6.07) is 40.4. The maximum absolute atomic E-state index is 13.1. The van der Waals surface area contributed by atoms with E-state index in [4.69, 9.17) is 43.4 Å². The van der Waals surface area contributed by atoms with Crippen LogP contribution in [0.25, 0.3) is 0 Å². The Bertz CT molecular complexity index is 3720. The second-order valence-corrected chi connectivity index (χ2v) is 23.9. The number of rotatable bonds is 30. The molecule has 0 atom stereocenters. The number of aromatic carboxylic acids is 3. The molecule has 6 N–H and O–H groups in total. The molecule has 0 heterocycles. The normalized spacial score (nSPS) is 11.0.